The fraction of sp³-hybridized carbons (Fsp3) is 0.732. The van der Waals surface area contributed by atoms with Crippen molar-refractivity contribution >= 4 is 29.8 Å². The Morgan fingerprint density at radius 3 is 2.09 bits per heavy atom. The van der Waals surface area contributed by atoms with Crippen LogP contribution in [0.3, 0.4) is 0 Å². The van der Waals surface area contributed by atoms with E-state index in [1.165, 1.54) is 27.0 Å². The summed E-state index contributed by atoms with van der Waals surface area (Å²) in [6.07, 6.45) is -5.03. The van der Waals surface area contributed by atoms with Crippen LogP contribution in [0.1, 0.15) is 99.8 Å². The van der Waals surface area contributed by atoms with E-state index in [9.17, 15) is 44.4 Å². The zero-order valence-corrected chi connectivity index (χ0v) is 34.8. The largest absolute Gasteiger partial charge is 0.466 e. The average Bonchev–Trinajstić information content (AvgIpc) is 3.09. The molecule has 0 aromatic heterocycles. The number of methoxy groups -OCH3 is 2. The fourth-order valence-electron chi connectivity index (χ4n) is 8.11. The number of aliphatic hydroxyl groups is 4. The van der Waals surface area contributed by atoms with E-state index >= 15 is 0 Å². The molecule has 0 spiro atoms. The van der Waals surface area contributed by atoms with Crippen LogP contribution in [0.15, 0.2) is 35.5 Å². The predicted molar refractivity (Wildman–Crippen MR) is 201 cm³/mol. The molecule has 0 aromatic carbocycles. The molecule has 6 bridgehead atoms. The van der Waals surface area contributed by atoms with Gasteiger partial charge in [-0.3, -0.25) is 14.4 Å². The number of carbonyl (C=O) groups is 5. The standard InChI is InChI=1S/C41H60O17/c1-22(42)32-19-29-15-26(16-35(47)52-9)37(54-24(3)44)41(50,58-29)38(4,5)11-10-28-12-25(14-34(46)51-8)13-31(55-28)21-40(49)39(6,7)33(53-23(2)43)20-30(57-40)17-27(45)18-36(48)56-32/h10-11,14,16,22,27-33,37,42,45,49-50H,12-13,15,17-21H2,1-9H3/b11-10+,25-14+,26-16+. The van der Waals surface area contributed by atoms with Crippen molar-refractivity contribution in [3.8, 4) is 0 Å². The molecule has 0 aliphatic carbocycles. The highest BCUT2D eigenvalue weighted by Gasteiger charge is 2.59. The number of hydrogen-bond donors (Lipinski definition) is 4. The van der Waals surface area contributed by atoms with Crippen LogP contribution in [0, 0.1) is 10.8 Å². The van der Waals surface area contributed by atoms with Crippen molar-refractivity contribution in [3.63, 3.8) is 0 Å². The van der Waals surface area contributed by atoms with Gasteiger partial charge in [0.15, 0.2) is 11.9 Å². The number of rotatable bonds is 5. The van der Waals surface area contributed by atoms with Gasteiger partial charge >= 0.3 is 29.8 Å². The highest BCUT2D eigenvalue weighted by atomic mass is 16.7. The molecule has 326 valence electrons. The van der Waals surface area contributed by atoms with Crippen LogP contribution in [0.5, 0.6) is 0 Å². The summed E-state index contributed by atoms with van der Waals surface area (Å²) in [5.74, 6) is -8.15. The molecule has 4 rings (SSSR count). The van der Waals surface area contributed by atoms with Crippen molar-refractivity contribution in [2.45, 2.75) is 166 Å². The fourth-order valence-corrected chi connectivity index (χ4v) is 8.11. The summed E-state index contributed by atoms with van der Waals surface area (Å²) < 4.78 is 46.0. The molecule has 0 radical (unpaired) electrons. The SMILES string of the molecule is COC(=O)/C=C1\CC2/C=C/C(C)(C)C3(O)OC(C/C(=C\C(=O)OC)C3OC(C)=O)CC(C(C)O)OC(=O)CC(O)CC3CC(OC(C)=O)C(C)(C)C(O)(CC(C1)O2)O3. The van der Waals surface area contributed by atoms with Crippen molar-refractivity contribution in [2.24, 2.45) is 10.8 Å². The third-order valence-corrected chi connectivity index (χ3v) is 11.5. The molecule has 4 aliphatic rings. The highest BCUT2D eigenvalue weighted by molar-refractivity contribution is 5.83. The van der Waals surface area contributed by atoms with Gasteiger partial charge in [0.2, 0.25) is 5.79 Å². The Hall–Kier alpha value is -3.71. The lowest BCUT2D eigenvalue weighted by molar-refractivity contribution is -0.348. The van der Waals surface area contributed by atoms with Gasteiger partial charge < -0.3 is 58.3 Å². The molecule has 0 aromatic rings. The highest BCUT2D eigenvalue weighted by Crippen LogP contribution is 2.50. The number of carbonyl (C=O) groups excluding carboxylic acids is 5. The second-order valence-electron chi connectivity index (χ2n) is 16.9. The lowest BCUT2D eigenvalue weighted by Gasteiger charge is -2.53. The van der Waals surface area contributed by atoms with Gasteiger partial charge in [-0.1, -0.05) is 45.4 Å². The first kappa shape index (κ1) is 47.0. The van der Waals surface area contributed by atoms with Gasteiger partial charge in [-0.15, -0.1) is 0 Å². The monoisotopic (exact) mass is 824 g/mol. The Balaban J connectivity index is 1.88. The normalized spacial score (nSPS) is 38.0. The summed E-state index contributed by atoms with van der Waals surface area (Å²) in [5, 5.41) is 46.9. The molecule has 17 heteroatoms. The van der Waals surface area contributed by atoms with Crippen LogP contribution >= 0.6 is 0 Å². The Morgan fingerprint density at radius 1 is 0.845 bits per heavy atom. The van der Waals surface area contributed by atoms with Crippen molar-refractivity contribution in [1.82, 2.24) is 0 Å². The van der Waals surface area contributed by atoms with E-state index in [1.54, 1.807) is 39.8 Å². The smallest absolute Gasteiger partial charge is 0.330 e. The van der Waals surface area contributed by atoms with Crippen LogP contribution in [-0.2, 0) is 61.9 Å². The zero-order valence-electron chi connectivity index (χ0n) is 34.8. The molecular weight excluding hydrogens is 764 g/mol. The van der Waals surface area contributed by atoms with Gasteiger partial charge in [0, 0.05) is 57.1 Å². The van der Waals surface area contributed by atoms with E-state index in [4.69, 9.17) is 37.9 Å². The lowest BCUT2D eigenvalue weighted by Crippen LogP contribution is -2.62. The summed E-state index contributed by atoms with van der Waals surface area (Å²) >= 11 is 0. The summed E-state index contributed by atoms with van der Waals surface area (Å²) in [6, 6.07) is 0. The molecule has 3 fully saturated rings. The van der Waals surface area contributed by atoms with Crippen molar-refractivity contribution in [1.29, 1.82) is 0 Å². The molecular formula is C41H60O17. The van der Waals surface area contributed by atoms with Gasteiger partial charge in [0.1, 0.15) is 12.2 Å². The predicted octanol–water partition coefficient (Wildman–Crippen LogP) is 2.39. The summed E-state index contributed by atoms with van der Waals surface area (Å²) in [4.78, 5) is 63.2. The molecule has 11 unspecified atom stereocenters. The number of esters is 5. The molecule has 17 nitrogen and oxygen atoms in total. The van der Waals surface area contributed by atoms with E-state index in [0.717, 1.165) is 20.1 Å². The number of ether oxygens (including phenoxy) is 8. The minimum atomic E-state index is -2.41. The minimum Gasteiger partial charge on any atom is -0.466 e. The quantitative estimate of drug-likeness (QED) is 0.135. The average molecular weight is 825 g/mol. The molecule has 58 heavy (non-hydrogen) atoms. The number of fused-ring (bicyclic) bond motifs is 6. The van der Waals surface area contributed by atoms with Crippen molar-refractivity contribution < 1.29 is 82.3 Å². The maximum absolute atomic E-state index is 13.3. The topological polar surface area (TPSA) is 240 Å². The van der Waals surface area contributed by atoms with E-state index in [1.807, 2.05) is 0 Å². The van der Waals surface area contributed by atoms with Crippen molar-refractivity contribution in [3.05, 3.63) is 35.5 Å². The Morgan fingerprint density at radius 2 is 1.48 bits per heavy atom. The van der Waals surface area contributed by atoms with E-state index in [-0.39, 0.29) is 50.5 Å². The first-order chi connectivity index (χ1) is 26.9. The molecule has 4 aliphatic heterocycles. The molecule has 3 saturated heterocycles. The van der Waals surface area contributed by atoms with Crippen LogP contribution in [0.4, 0.5) is 0 Å². The number of cyclic esters (lactones) is 1. The lowest BCUT2D eigenvalue weighted by atomic mass is 9.70. The second-order valence-corrected chi connectivity index (χ2v) is 16.9. The Bertz CT molecular complexity index is 1630. The van der Waals surface area contributed by atoms with Gasteiger partial charge in [0.25, 0.3) is 0 Å². The van der Waals surface area contributed by atoms with Gasteiger partial charge in [-0.25, -0.2) is 9.59 Å². The van der Waals surface area contributed by atoms with E-state index < -0.39 is 114 Å². The van der Waals surface area contributed by atoms with Gasteiger partial charge in [-0.05, 0) is 31.8 Å². The van der Waals surface area contributed by atoms with Crippen LogP contribution in [-0.4, -0.2) is 131 Å². The third kappa shape index (κ3) is 11.1. The van der Waals surface area contributed by atoms with E-state index in [0.29, 0.717) is 5.57 Å². The maximum atomic E-state index is 13.3. The maximum Gasteiger partial charge on any atom is 0.330 e. The third-order valence-electron chi connectivity index (χ3n) is 11.5. The zero-order chi connectivity index (χ0) is 43.4. The van der Waals surface area contributed by atoms with E-state index in [2.05, 4.69) is 0 Å². The first-order valence-corrected chi connectivity index (χ1v) is 19.5. The van der Waals surface area contributed by atoms with Crippen LogP contribution < -0.4 is 0 Å². The number of hydrogen-bond acceptors (Lipinski definition) is 17. The number of aliphatic hydroxyl groups excluding tert-OH is 2. The van der Waals surface area contributed by atoms with Crippen molar-refractivity contribution in [2.75, 3.05) is 14.2 Å². The molecule has 0 amide bonds. The van der Waals surface area contributed by atoms with Crippen LogP contribution in [0.2, 0.25) is 0 Å². The Labute approximate surface area is 338 Å². The van der Waals surface area contributed by atoms with Crippen LogP contribution in [0.25, 0.3) is 0 Å². The summed E-state index contributed by atoms with van der Waals surface area (Å²) in [6.45, 7) is 10.3. The van der Waals surface area contributed by atoms with Gasteiger partial charge in [-0.2, -0.15) is 0 Å². The second kappa shape index (κ2) is 18.7. The first-order valence-electron chi connectivity index (χ1n) is 19.5. The molecule has 11 atom stereocenters. The summed E-state index contributed by atoms with van der Waals surface area (Å²) in [7, 11) is 2.40. The molecule has 0 saturated carbocycles. The molecule has 4 N–H and O–H groups in total. The summed E-state index contributed by atoms with van der Waals surface area (Å²) in [5.41, 5.74) is -1.97. The Kier molecular flexibility index (Phi) is 15.1. The minimum absolute atomic E-state index is 0.0778. The van der Waals surface area contributed by atoms with Gasteiger partial charge in [0.05, 0.1) is 62.7 Å². The molecule has 4 heterocycles.